The molecule has 1 unspecified atom stereocenters. The SMILES string of the molecule is Cl.NCC(N)C(=O)[O-]. The summed E-state index contributed by atoms with van der Waals surface area (Å²) in [5.74, 6) is -1.30. The highest BCUT2D eigenvalue weighted by atomic mass is 35.5. The van der Waals surface area contributed by atoms with Crippen LogP contribution in [0.4, 0.5) is 0 Å². The number of carboxylic acid groups (broad SMARTS) is 1. The summed E-state index contributed by atoms with van der Waals surface area (Å²) in [7, 11) is 0. The molecule has 0 fully saturated rings. The first kappa shape index (κ1) is 10.6. The van der Waals surface area contributed by atoms with E-state index in [9.17, 15) is 9.90 Å². The van der Waals surface area contributed by atoms with E-state index in [2.05, 4.69) is 0 Å². The minimum atomic E-state index is -1.30. The Kier molecular flexibility index (Phi) is 6.41. The Balaban J connectivity index is 0. The normalized spacial score (nSPS) is 11.8. The van der Waals surface area contributed by atoms with E-state index in [0.717, 1.165) is 0 Å². The molecule has 4 nitrogen and oxygen atoms in total. The number of halogens is 1. The quantitative estimate of drug-likeness (QED) is 0.440. The molecule has 1 atom stereocenters. The lowest BCUT2D eigenvalue weighted by Gasteiger charge is -2.06. The summed E-state index contributed by atoms with van der Waals surface area (Å²) >= 11 is 0. The van der Waals surface area contributed by atoms with E-state index in [1.807, 2.05) is 0 Å². The standard InChI is InChI=1S/C3H8N2O2.ClH/c4-1-2(5)3(6)7;/h2H,1,4-5H2,(H,6,7);1H/p-1. The highest BCUT2D eigenvalue weighted by Crippen LogP contribution is 1.63. The third-order valence-electron chi connectivity index (χ3n) is 0.557. The number of carboxylic acids is 1. The maximum Gasteiger partial charge on any atom is 0.0595 e. The van der Waals surface area contributed by atoms with Crippen LogP contribution < -0.4 is 16.6 Å². The Morgan fingerprint density at radius 2 is 2.12 bits per heavy atom. The van der Waals surface area contributed by atoms with Gasteiger partial charge >= 0.3 is 0 Å². The molecular formula is C3H8ClN2O2-. The summed E-state index contributed by atoms with van der Waals surface area (Å²) in [6, 6.07) is -1.01. The van der Waals surface area contributed by atoms with Gasteiger partial charge in [-0.2, -0.15) is 0 Å². The van der Waals surface area contributed by atoms with Crippen LogP contribution in [0.1, 0.15) is 0 Å². The Morgan fingerprint density at radius 1 is 1.75 bits per heavy atom. The predicted molar refractivity (Wildman–Crippen MR) is 29.3 cm³/mol. The molecule has 0 aliphatic rings. The minimum absolute atomic E-state index is 0. The molecule has 8 heavy (non-hydrogen) atoms. The van der Waals surface area contributed by atoms with Crippen molar-refractivity contribution in [3.8, 4) is 0 Å². The Hall–Kier alpha value is -0.320. The lowest BCUT2D eigenvalue weighted by atomic mass is 10.3. The third kappa shape index (κ3) is 3.86. The van der Waals surface area contributed by atoms with Crippen molar-refractivity contribution in [3.05, 3.63) is 0 Å². The summed E-state index contributed by atoms with van der Waals surface area (Å²) in [6.45, 7) is -0.0671. The van der Waals surface area contributed by atoms with E-state index >= 15 is 0 Å². The second-order valence-corrected chi connectivity index (χ2v) is 1.16. The van der Waals surface area contributed by atoms with E-state index in [0.29, 0.717) is 0 Å². The van der Waals surface area contributed by atoms with Crippen LogP contribution in [0.3, 0.4) is 0 Å². The van der Waals surface area contributed by atoms with Gasteiger partial charge in [-0.25, -0.2) is 0 Å². The van der Waals surface area contributed by atoms with Gasteiger partial charge in [0.2, 0.25) is 0 Å². The summed E-state index contributed by atoms with van der Waals surface area (Å²) in [5, 5.41) is 9.61. The van der Waals surface area contributed by atoms with Crippen LogP contribution >= 0.6 is 12.4 Å². The fraction of sp³-hybridized carbons (Fsp3) is 0.667. The van der Waals surface area contributed by atoms with Crippen molar-refractivity contribution in [2.24, 2.45) is 11.5 Å². The van der Waals surface area contributed by atoms with Crippen LogP contribution in [0.2, 0.25) is 0 Å². The van der Waals surface area contributed by atoms with Crippen LogP contribution in [0.25, 0.3) is 0 Å². The van der Waals surface area contributed by atoms with Crippen molar-refractivity contribution in [1.82, 2.24) is 0 Å². The van der Waals surface area contributed by atoms with Gasteiger partial charge in [0.25, 0.3) is 0 Å². The fourth-order valence-electron chi connectivity index (χ4n) is 0.0962. The molecule has 0 saturated heterocycles. The average molecular weight is 140 g/mol. The van der Waals surface area contributed by atoms with Crippen molar-refractivity contribution < 1.29 is 9.90 Å². The van der Waals surface area contributed by atoms with Crippen LogP contribution in [0.15, 0.2) is 0 Å². The Bertz CT molecular complexity index is 77.7. The van der Waals surface area contributed by atoms with Gasteiger partial charge < -0.3 is 21.4 Å². The smallest absolute Gasteiger partial charge is 0.0595 e. The first-order valence-electron chi connectivity index (χ1n) is 1.85. The monoisotopic (exact) mass is 139 g/mol. The number of rotatable bonds is 2. The molecule has 4 N–H and O–H groups in total. The number of carbonyl (C=O) groups excluding carboxylic acids is 1. The number of nitrogens with two attached hydrogens (primary N) is 2. The first-order valence-corrected chi connectivity index (χ1v) is 1.85. The summed E-state index contributed by atoms with van der Waals surface area (Å²) in [5.41, 5.74) is 9.66. The number of aliphatic carboxylic acids is 1. The molecule has 0 spiro atoms. The fourth-order valence-corrected chi connectivity index (χ4v) is 0.0962. The molecule has 0 radical (unpaired) electrons. The topological polar surface area (TPSA) is 92.2 Å². The molecular weight excluding hydrogens is 131 g/mol. The van der Waals surface area contributed by atoms with Gasteiger partial charge in [-0.3, -0.25) is 0 Å². The number of hydrogen-bond acceptors (Lipinski definition) is 4. The van der Waals surface area contributed by atoms with Crippen LogP contribution in [-0.2, 0) is 4.79 Å². The van der Waals surface area contributed by atoms with E-state index < -0.39 is 12.0 Å². The largest absolute Gasteiger partial charge is 0.548 e. The maximum atomic E-state index is 9.61. The van der Waals surface area contributed by atoms with E-state index in [1.54, 1.807) is 0 Å². The zero-order valence-electron chi connectivity index (χ0n) is 4.16. The Morgan fingerprint density at radius 3 is 2.12 bits per heavy atom. The molecule has 0 amide bonds. The molecule has 0 aliphatic heterocycles. The predicted octanol–water partition coefficient (Wildman–Crippen LogP) is -2.56. The molecule has 50 valence electrons. The van der Waals surface area contributed by atoms with Gasteiger partial charge in [0.05, 0.1) is 12.0 Å². The van der Waals surface area contributed by atoms with Gasteiger partial charge in [0.15, 0.2) is 0 Å². The van der Waals surface area contributed by atoms with Gasteiger partial charge in [0.1, 0.15) is 0 Å². The maximum absolute atomic E-state index is 9.61. The van der Waals surface area contributed by atoms with Crippen molar-refractivity contribution >= 4 is 18.4 Å². The minimum Gasteiger partial charge on any atom is -0.548 e. The van der Waals surface area contributed by atoms with Crippen molar-refractivity contribution in [3.63, 3.8) is 0 Å². The van der Waals surface area contributed by atoms with Gasteiger partial charge in [0, 0.05) is 6.54 Å². The van der Waals surface area contributed by atoms with E-state index in [4.69, 9.17) is 11.5 Å². The van der Waals surface area contributed by atoms with Gasteiger partial charge in [-0.05, 0) is 0 Å². The highest BCUT2D eigenvalue weighted by molar-refractivity contribution is 5.85. The lowest BCUT2D eigenvalue weighted by molar-refractivity contribution is -0.307. The van der Waals surface area contributed by atoms with Crippen LogP contribution in [0, 0.1) is 0 Å². The van der Waals surface area contributed by atoms with Crippen LogP contribution in [-0.4, -0.2) is 18.6 Å². The van der Waals surface area contributed by atoms with Crippen molar-refractivity contribution in [2.45, 2.75) is 6.04 Å². The summed E-state index contributed by atoms with van der Waals surface area (Å²) in [4.78, 5) is 9.61. The van der Waals surface area contributed by atoms with Gasteiger partial charge in [-0.1, -0.05) is 0 Å². The Labute approximate surface area is 53.3 Å². The first-order chi connectivity index (χ1) is 3.18. The molecule has 0 aromatic carbocycles. The van der Waals surface area contributed by atoms with Gasteiger partial charge in [-0.15, -0.1) is 12.4 Å². The number of carbonyl (C=O) groups is 1. The average Bonchev–Trinajstić information content (AvgIpc) is 1.65. The van der Waals surface area contributed by atoms with E-state index in [1.165, 1.54) is 0 Å². The van der Waals surface area contributed by atoms with Crippen LogP contribution in [0.5, 0.6) is 0 Å². The number of hydrogen-bond donors (Lipinski definition) is 2. The third-order valence-corrected chi connectivity index (χ3v) is 0.557. The summed E-state index contributed by atoms with van der Waals surface area (Å²) < 4.78 is 0. The van der Waals surface area contributed by atoms with E-state index in [-0.39, 0.29) is 19.0 Å². The zero-order chi connectivity index (χ0) is 5.86. The molecule has 0 aromatic heterocycles. The molecule has 5 heteroatoms. The summed E-state index contributed by atoms with van der Waals surface area (Å²) in [6.07, 6.45) is 0. The highest BCUT2D eigenvalue weighted by Gasteiger charge is 1.95. The molecule has 0 bridgehead atoms. The second-order valence-electron chi connectivity index (χ2n) is 1.16. The molecule has 0 saturated carbocycles. The molecule has 0 heterocycles. The lowest BCUT2D eigenvalue weighted by Crippen LogP contribution is -2.46. The molecule has 0 aromatic rings. The zero-order valence-corrected chi connectivity index (χ0v) is 4.98. The van der Waals surface area contributed by atoms with Crippen molar-refractivity contribution in [2.75, 3.05) is 6.54 Å². The second kappa shape index (κ2) is 4.83. The van der Waals surface area contributed by atoms with Crippen molar-refractivity contribution in [1.29, 1.82) is 0 Å². The molecule has 0 rings (SSSR count). The molecule has 0 aliphatic carbocycles.